The van der Waals surface area contributed by atoms with Gasteiger partial charge in [-0.1, -0.05) is 72.8 Å². The van der Waals surface area contributed by atoms with E-state index >= 15 is 0 Å². The van der Waals surface area contributed by atoms with Crippen molar-refractivity contribution >= 4 is 28.9 Å². The molecule has 4 nitrogen and oxygen atoms in total. The lowest BCUT2D eigenvalue weighted by Crippen LogP contribution is -2.34. The zero-order chi connectivity index (χ0) is 19.6. The van der Waals surface area contributed by atoms with Crippen molar-refractivity contribution in [1.82, 2.24) is 5.32 Å². The van der Waals surface area contributed by atoms with Crippen LogP contribution < -0.4 is 15.4 Å². The van der Waals surface area contributed by atoms with Gasteiger partial charge in [0.15, 0.2) is 5.11 Å². The number of para-hydroxylation sites is 2. The fourth-order valence-corrected chi connectivity index (χ4v) is 2.90. The van der Waals surface area contributed by atoms with Crippen LogP contribution in [-0.4, -0.2) is 11.0 Å². The maximum Gasteiger partial charge on any atom is 0.226 e. The molecule has 2 N–H and O–H groups in total. The summed E-state index contributed by atoms with van der Waals surface area (Å²) >= 11 is 5.28. The number of carbonyl (C=O) groups is 1. The van der Waals surface area contributed by atoms with E-state index in [-0.39, 0.29) is 11.0 Å². The molecule has 142 valence electrons. The third-order valence-electron chi connectivity index (χ3n) is 4.11. The predicted molar refractivity (Wildman–Crippen MR) is 116 cm³/mol. The van der Waals surface area contributed by atoms with Gasteiger partial charge in [-0.05, 0) is 41.9 Å². The Labute approximate surface area is 170 Å². The van der Waals surface area contributed by atoms with Gasteiger partial charge in [0.25, 0.3) is 0 Å². The molecule has 3 aromatic carbocycles. The van der Waals surface area contributed by atoms with Crippen molar-refractivity contribution in [3.8, 4) is 5.75 Å². The second-order valence-electron chi connectivity index (χ2n) is 6.26. The summed E-state index contributed by atoms with van der Waals surface area (Å²) in [6.07, 6.45) is 1.05. The van der Waals surface area contributed by atoms with E-state index < -0.39 is 0 Å². The number of aryl methyl sites for hydroxylation is 1. The van der Waals surface area contributed by atoms with Crippen molar-refractivity contribution in [1.29, 1.82) is 0 Å². The zero-order valence-electron chi connectivity index (χ0n) is 15.4. The highest BCUT2D eigenvalue weighted by molar-refractivity contribution is 7.80. The number of rotatable bonds is 7. The van der Waals surface area contributed by atoms with Crippen LogP contribution in [0, 0.1) is 0 Å². The van der Waals surface area contributed by atoms with E-state index in [1.165, 1.54) is 0 Å². The molecule has 0 saturated carbocycles. The number of nitrogens with one attached hydrogen (secondary N) is 2. The molecule has 0 heterocycles. The molecule has 0 saturated heterocycles. The molecular formula is C23H22N2O2S. The van der Waals surface area contributed by atoms with Gasteiger partial charge in [0.2, 0.25) is 5.91 Å². The van der Waals surface area contributed by atoms with E-state index in [1.54, 1.807) is 0 Å². The van der Waals surface area contributed by atoms with Gasteiger partial charge >= 0.3 is 0 Å². The summed E-state index contributed by atoms with van der Waals surface area (Å²) in [5, 5.41) is 6.03. The molecular weight excluding hydrogens is 368 g/mol. The van der Waals surface area contributed by atoms with E-state index in [1.807, 2.05) is 84.9 Å². The average molecular weight is 391 g/mol. The second-order valence-corrected chi connectivity index (χ2v) is 6.67. The molecule has 0 aliphatic carbocycles. The van der Waals surface area contributed by atoms with Crippen molar-refractivity contribution in [2.75, 3.05) is 5.32 Å². The summed E-state index contributed by atoms with van der Waals surface area (Å²) in [5.41, 5.74) is 2.91. The molecule has 0 aliphatic rings. The van der Waals surface area contributed by atoms with Crippen LogP contribution >= 0.6 is 12.2 Å². The topological polar surface area (TPSA) is 50.4 Å². The smallest absolute Gasteiger partial charge is 0.226 e. The molecule has 5 heteroatoms. The Balaban J connectivity index is 1.51. The Morgan fingerprint density at radius 3 is 2.14 bits per heavy atom. The number of hydrogen-bond donors (Lipinski definition) is 2. The maximum absolute atomic E-state index is 12.1. The van der Waals surface area contributed by atoms with Gasteiger partial charge < -0.3 is 15.4 Å². The van der Waals surface area contributed by atoms with Gasteiger partial charge in [0.1, 0.15) is 12.4 Å². The fraction of sp³-hybridized carbons (Fsp3) is 0.130. The Morgan fingerprint density at radius 1 is 0.821 bits per heavy atom. The number of ether oxygens (including phenoxy) is 1. The Hall–Kier alpha value is -3.18. The first kappa shape index (κ1) is 19.6. The lowest BCUT2D eigenvalue weighted by molar-refractivity contribution is -0.119. The molecule has 0 fully saturated rings. The monoisotopic (exact) mass is 390 g/mol. The minimum absolute atomic E-state index is 0.121. The van der Waals surface area contributed by atoms with Crippen molar-refractivity contribution in [2.45, 2.75) is 19.4 Å². The zero-order valence-corrected chi connectivity index (χ0v) is 16.2. The van der Waals surface area contributed by atoms with Gasteiger partial charge in [-0.2, -0.15) is 0 Å². The molecule has 28 heavy (non-hydrogen) atoms. The summed E-state index contributed by atoms with van der Waals surface area (Å²) in [6.45, 7) is 0.454. The summed E-state index contributed by atoms with van der Waals surface area (Å²) in [5.74, 6) is 0.552. The van der Waals surface area contributed by atoms with E-state index in [0.717, 1.165) is 11.1 Å². The Kier molecular flexibility index (Phi) is 7.15. The van der Waals surface area contributed by atoms with Crippen LogP contribution in [0.15, 0.2) is 84.9 Å². The van der Waals surface area contributed by atoms with E-state index in [9.17, 15) is 4.79 Å². The third-order valence-corrected chi connectivity index (χ3v) is 4.31. The average Bonchev–Trinajstić information content (AvgIpc) is 2.73. The third kappa shape index (κ3) is 6.21. The molecule has 3 aromatic rings. The van der Waals surface area contributed by atoms with Gasteiger partial charge in [-0.3, -0.25) is 4.79 Å². The molecule has 0 atom stereocenters. The first-order chi connectivity index (χ1) is 13.7. The summed E-state index contributed by atoms with van der Waals surface area (Å²) in [4.78, 5) is 12.1. The van der Waals surface area contributed by atoms with Crippen LogP contribution in [0.1, 0.15) is 17.5 Å². The quantitative estimate of drug-likeness (QED) is 0.574. The minimum atomic E-state index is -0.121. The Bertz CT molecular complexity index is 914. The first-order valence-electron chi connectivity index (χ1n) is 9.11. The molecule has 0 aliphatic heterocycles. The van der Waals surface area contributed by atoms with Crippen molar-refractivity contribution in [3.63, 3.8) is 0 Å². The standard InChI is InChI=1S/C23H22N2O2S/c26-22(16-15-18-9-3-1-4-10-18)25-23(28)24-20-13-7-8-14-21(20)27-17-19-11-5-2-6-12-19/h1-14H,15-17H2,(H2,24,25,26,28). The molecule has 0 aromatic heterocycles. The molecule has 1 amide bonds. The molecule has 0 spiro atoms. The van der Waals surface area contributed by atoms with Gasteiger partial charge in [-0.15, -0.1) is 0 Å². The second kappa shape index (κ2) is 10.2. The van der Waals surface area contributed by atoms with Gasteiger partial charge in [-0.25, -0.2) is 0 Å². The first-order valence-corrected chi connectivity index (χ1v) is 9.52. The molecule has 0 bridgehead atoms. The fourth-order valence-electron chi connectivity index (χ4n) is 2.68. The van der Waals surface area contributed by atoms with Crippen LogP contribution in [0.2, 0.25) is 0 Å². The number of amides is 1. The van der Waals surface area contributed by atoms with Crippen LogP contribution in [0.5, 0.6) is 5.75 Å². The minimum Gasteiger partial charge on any atom is -0.487 e. The molecule has 3 rings (SSSR count). The van der Waals surface area contributed by atoms with Crippen molar-refractivity contribution < 1.29 is 9.53 Å². The lowest BCUT2D eigenvalue weighted by Gasteiger charge is -2.14. The maximum atomic E-state index is 12.1. The number of hydrogen-bond acceptors (Lipinski definition) is 3. The molecule has 0 radical (unpaired) electrons. The van der Waals surface area contributed by atoms with E-state index in [0.29, 0.717) is 30.9 Å². The van der Waals surface area contributed by atoms with E-state index in [2.05, 4.69) is 10.6 Å². The van der Waals surface area contributed by atoms with Crippen molar-refractivity contribution in [3.05, 3.63) is 96.1 Å². The normalized spacial score (nSPS) is 10.1. The van der Waals surface area contributed by atoms with Crippen molar-refractivity contribution in [2.24, 2.45) is 0 Å². The number of anilines is 1. The highest BCUT2D eigenvalue weighted by atomic mass is 32.1. The summed E-state index contributed by atoms with van der Waals surface area (Å²) < 4.78 is 5.90. The van der Waals surface area contributed by atoms with Crippen LogP contribution in [0.25, 0.3) is 0 Å². The van der Waals surface area contributed by atoms with E-state index in [4.69, 9.17) is 17.0 Å². The number of benzene rings is 3. The van der Waals surface area contributed by atoms with Gasteiger partial charge in [0.05, 0.1) is 5.69 Å². The van der Waals surface area contributed by atoms with Crippen LogP contribution in [-0.2, 0) is 17.8 Å². The SMILES string of the molecule is O=C(CCc1ccccc1)NC(=S)Nc1ccccc1OCc1ccccc1. The highest BCUT2D eigenvalue weighted by Gasteiger charge is 2.09. The number of carbonyl (C=O) groups excluding carboxylic acids is 1. The largest absolute Gasteiger partial charge is 0.487 e. The summed E-state index contributed by atoms with van der Waals surface area (Å²) in [6, 6.07) is 27.3. The lowest BCUT2D eigenvalue weighted by atomic mass is 10.1. The molecule has 0 unspecified atom stereocenters. The van der Waals surface area contributed by atoms with Gasteiger partial charge in [0, 0.05) is 6.42 Å². The van der Waals surface area contributed by atoms with Crippen LogP contribution in [0.3, 0.4) is 0 Å². The van der Waals surface area contributed by atoms with Crippen LogP contribution in [0.4, 0.5) is 5.69 Å². The highest BCUT2D eigenvalue weighted by Crippen LogP contribution is 2.24. The number of thiocarbonyl (C=S) groups is 1. The predicted octanol–water partition coefficient (Wildman–Crippen LogP) is 4.71. The Morgan fingerprint density at radius 2 is 1.43 bits per heavy atom. The summed E-state index contributed by atoms with van der Waals surface area (Å²) in [7, 11) is 0.